The third-order valence-corrected chi connectivity index (χ3v) is 1.44. The molecule has 0 unspecified atom stereocenters. The maximum absolute atomic E-state index is 8.76. The van der Waals surface area contributed by atoms with Gasteiger partial charge in [0.2, 0.25) is 0 Å². The monoisotopic (exact) mass is 150 g/mol. The second-order valence-electron chi connectivity index (χ2n) is 2.25. The highest BCUT2D eigenvalue weighted by Gasteiger charge is 2.00. The lowest BCUT2D eigenvalue weighted by Gasteiger charge is -2.03. The maximum Gasteiger partial charge on any atom is 0.178 e. The van der Waals surface area contributed by atoms with Crippen LogP contribution in [0.25, 0.3) is 6.08 Å². The predicted octanol–water partition coefficient (Wildman–Crippen LogP) is 1.31. The minimum Gasteiger partial charge on any atom is -0.364 e. The van der Waals surface area contributed by atoms with E-state index in [1.807, 2.05) is 6.07 Å². The highest BCUT2D eigenvalue weighted by atomic mass is 16.5. The van der Waals surface area contributed by atoms with Gasteiger partial charge in [-0.3, -0.25) is 0 Å². The predicted molar refractivity (Wildman–Crippen MR) is 43.7 cm³/mol. The first-order chi connectivity index (χ1) is 5.24. The van der Waals surface area contributed by atoms with Gasteiger partial charge in [0.15, 0.2) is 6.29 Å². The number of hydrogen-bond acceptors (Lipinski definition) is 2. The quantitative estimate of drug-likeness (QED) is 0.624. The Morgan fingerprint density at radius 3 is 2.64 bits per heavy atom. The third-order valence-electron chi connectivity index (χ3n) is 1.44. The molecule has 0 bridgehead atoms. The average molecular weight is 150 g/mol. The van der Waals surface area contributed by atoms with E-state index in [4.69, 9.17) is 10.2 Å². The molecule has 11 heavy (non-hydrogen) atoms. The normalized spacial score (nSPS) is 10.1. The van der Waals surface area contributed by atoms with Crippen LogP contribution in [-0.4, -0.2) is 10.2 Å². The van der Waals surface area contributed by atoms with Crippen LogP contribution in [0.4, 0.5) is 0 Å². The Labute approximate surface area is 65.4 Å². The van der Waals surface area contributed by atoms with Gasteiger partial charge in [-0.1, -0.05) is 30.9 Å². The molecular weight excluding hydrogens is 140 g/mol. The van der Waals surface area contributed by atoms with Gasteiger partial charge >= 0.3 is 0 Å². The SMILES string of the molecule is C=Cc1cccc(C(O)O)c1. The molecule has 1 aromatic rings. The Morgan fingerprint density at radius 1 is 1.36 bits per heavy atom. The smallest absolute Gasteiger partial charge is 0.178 e. The summed E-state index contributed by atoms with van der Waals surface area (Å²) in [6.45, 7) is 3.57. The van der Waals surface area contributed by atoms with Crippen LogP contribution in [-0.2, 0) is 0 Å². The molecule has 2 heteroatoms. The Morgan fingerprint density at radius 2 is 2.09 bits per heavy atom. The second-order valence-corrected chi connectivity index (χ2v) is 2.25. The molecule has 0 atom stereocenters. The molecule has 0 heterocycles. The lowest BCUT2D eigenvalue weighted by molar-refractivity contribution is -0.0424. The summed E-state index contributed by atoms with van der Waals surface area (Å²) in [5, 5.41) is 17.5. The zero-order valence-electron chi connectivity index (χ0n) is 6.07. The van der Waals surface area contributed by atoms with E-state index >= 15 is 0 Å². The summed E-state index contributed by atoms with van der Waals surface area (Å²) in [5.41, 5.74) is 1.37. The van der Waals surface area contributed by atoms with Crippen molar-refractivity contribution in [3.05, 3.63) is 42.0 Å². The molecule has 0 aliphatic heterocycles. The first kappa shape index (κ1) is 7.98. The van der Waals surface area contributed by atoms with Crippen molar-refractivity contribution in [1.82, 2.24) is 0 Å². The lowest BCUT2D eigenvalue weighted by Crippen LogP contribution is -1.93. The molecule has 2 nitrogen and oxygen atoms in total. The molecule has 2 N–H and O–H groups in total. The minimum atomic E-state index is -1.39. The largest absolute Gasteiger partial charge is 0.364 e. The molecule has 0 radical (unpaired) electrons. The number of aliphatic hydroxyl groups excluding tert-OH is 1. The van der Waals surface area contributed by atoms with Crippen LogP contribution in [0.3, 0.4) is 0 Å². The van der Waals surface area contributed by atoms with Gasteiger partial charge in [0.25, 0.3) is 0 Å². The summed E-state index contributed by atoms with van der Waals surface area (Å²) in [6.07, 6.45) is 0.265. The van der Waals surface area contributed by atoms with Gasteiger partial charge in [-0.05, 0) is 11.6 Å². The first-order valence-corrected chi connectivity index (χ1v) is 3.32. The summed E-state index contributed by atoms with van der Waals surface area (Å²) in [7, 11) is 0. The highest BCUT2D eigenvalue weighted by molar-refractivity contribution is 5.47. The van der Waals surface area contributed by atoms with E-state index in [9.17, 15) is 0 Å². The topological polar surface area (TPSA) is 40.5 Å². The van der Waals surface area contributed by atoms with E-state index in [0.29, 0.717) is 5.56 Å². The molecule has 0 saturated heterocycles. The van der Waals surface area contributed by atoms with Crippen molar-refractivity contribution in [3.8, 4) is 0 Å². The molecule has 0 aliphatic carbocycles. The van der Waals surface area contributed by atoms with Crippen molar-refractivity contribution in [2.45, 2.75) is 6.29 Å². The van der Waals surface area contributed by atoms with Crippen molar-refractivity contribution >= 4 is 6.08 Å². The second kappa shape index (κ2) is 3.32. The molecule has 0 spiro atoms. The van der Waals surface area contributed by atoms with E-state index in [-0.39, 0.29) is 0 Å². The molecule has 58 valence electrons. The summed E-state index contributed by atoms with van der Waals surface area (Å²) in [4.78, 5) is 0. The van der Waals surface area contributed by atoms with Crippen LogP contribution in [0.2, 0.25) is 0 Å². The Hall–Kier alpha value is -1.12. The summed E-state index contributed by atoms with van der Waals surface area (Å²) >= 11 is 0. The molecule has 0 fully saturated rings. The number of hydrogen-bond donors (Lipinski definition) is 2. The van der Waals surface area contributed by atoms with Crippen LogP contribution in [0.5, 0.6) is 0 Å². The van der Waals surface area contributed by atoms with Crippen LogP contribution in [0.15, 0.2) is 30.8 Å². The van der Waals surface area contributed by atoms with Gasteiger partial charge in [0, 0.05) is 5.56 Å². The molecule has 0 saturated carbocycles. The number of aliphatic hydroxyl groups is 2. The molecule has 0 amide bonds. The van der Waals surface area contributed by atoms with Gasteiger partial charge in [-0.2, -0.15) is 0 Å². The fraction of sp³-hybridized carbons (Fsp3) is 0.111. The van der Waals surface area contributed by atoms with E-state index in [2.05, 4.69) is 6.58 Å². The van der Waals surface area contributed by atoms with Crippen LogP contribution < -0.4 is 0 Å². The molecule has 0 aliphatic rings. The number of benzene rings is 1. The summed E-state index contributed by atoms with van der Waals surface area (Å²) in [5.74, 6) is 0. The Bertz CT molecular complexity index is 253. The van der Waals surface area contributed by atoms with Crippen molar-refractivity contribution in [3.63, 3.8) is 0 Å². The van der Waals surface area contributed by atoms with E-state index in [1.165, 1.54) is 0 Å². The van der Waals surface area contributed by atoms with E-state index < -0.39 is 6.29 Å². The third kappa shape index (κ3) is 1.90. The molecular formula is C9H10O2. The fourth-order valence-electron chi connectivity index (χ4n) is 0.847. The Balaban J connectivity index is 3.00. The van der Waals surface area contributed by atoms with E-state index in [1.54, 1.807) is 24.3 Å². The average Bonchev–Trinajstić information content (AvgIpc) is 2.05. The van der Waals surface area contributed by atoms with Crippen LogP contribution in [0, 0.1) is 0 Å². The van der Waals surface area contributed by atoms with E-state index in [0.717, 1.165) is 5.56 Å². The zero-order chi connectivity index (χ0) is 8.27. The van der Waals surface area contributed by atoms with Gasteiger partial charge < -0.3 is 10.2 Å². The standard InChI is InChI=1S/C9H10O2/c1-2-7-4-3-5-8(6-7)9(10)11/h2-6,9-11H,1H2. The van der Waals surface area contributed by atoms with Crippen molar-refractivity contribution in [1.29, 1.82) is 0 Å². The highest BCUT2D eigenvalue weighted by Crippen LogP contribution is 2.12. The Kier molecular flexibility index (Phi) is 2.41. The molecule has 0 aromatic heterocycles. The number of rotatable bonds is 2. The zero-order valence-corrected chi connectivity index (χ0v) is 6.07. The first-order valence-electron chi connectivity index (χ1n) is 3.32. The lowest BCUT2D eigenvalue weighted by atomic mass is 10.1. The van der Waals surface area contributed by atoms with Crippen molar-refractivity contribution in [2.24, 2.45) is 0 Å². The van der Waals surface area contributed by atoms with Gasteiger partial charge in [-0.25, -0.2) is 0 Å². The summed E-state index contributed by atoms with van der Waals surface area (Å²) in [6, 6.07) is 6.93. The van der Waals surface area contributed by atoms with Crippen molar-refractivity contribution in [2.75, 3.05) is 0 Å². The molecule has 1 rings (SSSR count). The van der Waals surface area contributed by atoms with Crippen LogP contribution in [0.1, 0.15) is 17.4 Å². The molecule has 1 aromatic carbocycles. The van der Waals surface area contributed by atoms with Gasteiger partial charge in [0.1, 0.15) is 0 Å². The van der Waals surface area contributed by atoms with Gasteiger partial charge in [-0.15, -0.1) is 0 Å². The minimum absolute atomic E-state index is 0.488. The van der Waals surface area contributed by atoms with Gasteiger partial charge in [0.05, 0.1) is 0 Å². The maximum atomic E-state index is 8.76. The van der Waals surface area contributed by atoms with Crippen molar-refractivity contribution < 1.29 is 10.2 Å². The van der Waals surface area contributed by atoms with Crippen LogP contribution >= 0.6 is 0 Å². The summed E-state index contributed by atoms with van der Waals surface area (Å²) < 4.78 is 0. The fourth-order valence-corrected chi connectivity index (χ4v) is 0.847.